The Morgan fingerprint density at radius 1 is 0.905 bits per heavy atom. The summed E-state index contributed by atoms with van der Waals surface area (Å²) in [5, 5.41) is 2.48. The minimum absolute atomic E-state index is 0.917. The number of benzene rings is 2. The van der Waals surface area contributed by atoms with Gasteiger partial charge >= 0.3 is 0 Å². The molecular weight excluding hydrogens is 254 g/mol. The second-order valence-electron chi connectivity index (χ2n) is 5.26. The molecule has 0 aliphatic rings. The van der Waals surface area contributed by atoms with Gasteiger partial charge in [0.2, 0.25) is 0 Å². The van der Waals surface area contributed by atoms with Crippen LogP contribution in [0.1, 0.15) is 30.9 Å². The molecule has 0 saturated carbocycles. The fourth-order valence-electron chi connectivity index (χ4n) is 2.83. The zero-order valence-electron chi connectivity index (χ0n) is 12.2. The molecule has 3 rings (SSSR count). The van der Waals surface area contributed by atoms with Gasteiger partial charge in [0.15, 0.2) is 0 Å². The highest BCUT2D eigenvalue weighted by Crippen LogP contribution is 2.30. The van der Waals surface area contributed by atoms with Gasteiger partial charge in [-0.25, -0.2) is 0 Å². The first-order chi connectivity index (χ1) is 10.3. The molecule has 0 amide bonds. The lowest BCUT2D eigenvalue weighted by atomic mass is 10.1. The fraction of sp³-hybridized carbons (Fsp3) is 0.200. The number of aryl methyl sites for hydroxylation is 1. The lowest BCUT2D eigenvalue weighted by Gasteiger charge is -2.06. The Balaban J connectivity index is 2.38. The number of hydrogen-bond acceptors (Lipinski definition) is 0. The molecular formula is C20H17N. The van der Waals surface area contributed by atoms with Gasteiger partial charge in [0.25, 0.3) is 0 Å². The molecule has 1 heterocycles. The third-order valence-corrected chi connectivity index (χ3v) is 3.94. The number of rotatable bonds is 3. The fourth-order valence-corrected chi connectivity index (χ4v) is 2.83. The third kappa shape index (κ3) is 2.18. The number of fused-ring (bicyclic) bond motifs is 3. The molecule has 1 nitrogen and oxygen atoms in total. The predicted octanol–water partition coefficient (Wildman–Crippen LogP) is 4.56. The van der Waals surface area contributed by atoms with Crippen LogP contribution >= 0.6 is 0 Å². The molecule has 1 heteroatoms. The van der Waals surface area contributed by atoms with Crippen LogP contribution in [-0.4, -0.2) is 4.57 Å². The molecule has 21 heavy (non-hydrogen) atoms. The third-order valence-electron chi connectivity index (χ3n) is 3.94. The summed E-state index contributed by atoms with van der Waals surface area (Å²) in [6.07, 6.45) is 13.4. The van der Waals surface area contributed by atoms with Gasteiger partial charge in [-0.15, -0.1) is 12.8 Å². The summed E-state index contributed by atoms with van der Waals surface area (Å²) in [5.74, 6) is 5.45. The van der Waals surface area contributed by atoms with E-state index in [2.05, 4.69) is 47.6 Å². The van der Waals surface area contributed by atoms with Crippen LogP contribution in [0.5, 0.6) is 0 Å². The summed E-state index contributed by atoms with van der Waals surface area (Å²) in [4.78, 5) is 0. The molecule has 1 aromatic heterocycles. The van der Waals surface area contributed by atoms with E-state index < -0.39 is 0 Å². The first-order valence-corrected chi connectivity index (χ1v) is 7.27. The second-order valence-corrected chi connectivity index (χ2v) is 5.26. The van der Waals surface area contributed by atoms with Crippen molar-refractivity contribution < 1.29 is 0 Å². The van der Waals surface area contributed by atoms with Crippen LogP contribution in [0, 0.1) is 24.7 Å². The number of aromatic nitrogens is 1. The quantitative estimate of drug-likeness (QED) is 0.616. The maximum atomic E-state index is 5.55. The van der Waals surface area contributed by atoms with E-state index in [1.807, 2.05) is 12.1 Å². The SMILES string of the molecule is C#Cc1ccc2c3ccc(C#C)cc3n(CCCC)c2c1. The normalized spacial score (nSPS) is 10.6. The Kier molecular flexibility index (Phi) is 3.43. The van der Waals surface area contributed by atoms with Crippen LogP contribution in [-0.2, 0) is 6.54 Å². The molecule has 0 N–H and O–H groups in total. The maximum Gasteiger partial charge on any atom is 0.0503 e. The van der Waals surface area contributed by atoms with Crippen molar-refractivity contribution in [2.24, 2.45) is 0 Å². The van der Waals surface area contributed by atoms with Gasteiger partial charge in [-0.2, -0.15) is 0 Å². The summed E-state index contributed by atoms with van der Waals surface area (Å²) < 4.78 is 2.34. The zero-order valence-corrected chi connectivity index (χ0v) is 12.2. The average molecular weight is 271 g/mol. The molecule has 102 valence electrons. The number of terminal acetylenes is 2. The van der Waals surface area contributed by atoms with Gasteiger partial charge < -0.3 is 4.57 Å². The number of unbranched alkanes of at least 4 members (excludes halogenated alkanes) is 1. The van der Waals surface area contributed by atoms with E-state index in [4.69, 9.17) is 12.8 Å². The Hall–Kier alpha value is -2.64. The van der Waals surface area contributed by atoms with Gasteiger partial charge in [0, 0.05) is 28.4 Å². The monoisotopic (exact) mass is 271 g/mol. The summed E-state index contributed by atoms with van der Waals surface area (Å²) >= 11 is 0. The van der Waals surface area contributed by atoms with E-state index in [9.17, 15) is 0 Å². The van der Waals surface area contributed by atoms with Crippen molar-refractivity contribution in [1.29, 1.82) is 0 Å². The topological polar surface area (TPSA) is 4.93 Å². The molecule has 0 bridgehead atoms. The highest BCUT2D eigenvalue weighted by molar-refractivity contribution is 6.08. The molecule has 0 fully saturated rings. The molecule has 0 aliphatic carbocycles. The van der Waals surface area contributed by atoms with E-state index in [-0.39, 0.29) is 0 Å². The second kappa shape index (κ2) is 5.39. The molecule has 0 atom stereocenters. The summed E-state index contributed by atoms with van der Waals surface area (Å²) in [5.41, 5.74) is 4.23. The van der Waals surface area contributed by atoms with Crippen LogP contribution in [0.15, 0.2) is 36.4 Å². The summed E-state index contributed by atoms with van der Waals surface area (Å²) in [7, 11) is 0. The Bertz CT molecular complexity index is 826. The lowest BCUT2D eigenvalue weighted by Crippen LogP contribution is -1.97. The molecule has 0 aliphatic heterocycles. The smallest absolute Gasteiger partial charge is 0.0503 e. The van der Waals surface area contributed by atoms with Crippen LogP contribution in [0.25, 0.3) is 21.8 Å². The molecule has 2 aromatic carbocycles. The van der Waals surface area contributed by atoms with Gasteiger partial charge in [-0.3, -0.25) is 0 Å². The van der Waals surface area contributed by atoms with E-state index in [1.165, 1.54) is 21.8 Å². The molecule has 0 unspecified atom stereocenters. The first-order valence-electron chi connectivity index (χ1n) is 7.27. The van der Waals surface area contributed by atoms with Crippen molar-refractivity contribution in [1.82, 2.24) is 4.57 Å². The van der Waals surface area contributed by atoms with Crippen molar-refractivity contribution in [2.75, 3.05) is 0 Å². The summed E-state index contributed by atoms with van der Waals surface area (Å²) in [6.45, 7) is 3.19. The Morgan fingerprint density at radius 2 is 1.43 bits per heavy atom. The Morgan fingerprint density at radius 3 is 1.86 bits per heavy atom. The van der Waals surface area contributed by atoms with Gasteiger partial charge in [-0.05, 0) is 30.7 Å². The van der Waals surface area contributed by atoms with Crippen LogP contribution in [0.2, 0.25) is 0 Å². The van der Waals surface area contributed by atoms with Gasteiger partial charge in [0.1, 0.15) is 0 Å². The van der Waals surface area contributed by atoms with E-state index >= 15 is 0 Å². The minimum atomic E-state index is 0.917. The molecule has 0 saturated heterocycles. The van der Waals surface area contributed by atoms with Crippen LogP contribution in [0.4, 0.5) is 0 Å². The number of nitrogens with zero attached hydrogens (tertiary/aromatic N) is 1. The lowest BCUT2D eigenvalue weighted by molar-refractivity contribution is 0.665. The average Bonchev–Trinajstić information content (AvgIpc) is 2.84. The predicted molar refractivity (Wildman–Crippen MR) is 90.2 cm³/mol. The van der Waals surface area contributed by atoms with E-state index in [0.717, 1.165) is 30.5 Å². The largest absolute Gasteiger partial charge is 0.340 e. The summed E-state index contributed by atoms with van der Waals surface area (Å²) in [6, 6.07) is 12.4. The van der Waals surface area contributed by atoms with E-state index in [1.54, 1.807) is 0 Å². The first kappa shape index (κ1) is 13.3. The zero-order chi connectivity index (χ0) is 14.8. The molecule has 0 radical (unpaired) electrons. The van der Waals surface area contributed by atoms with Crippen molar-refractivity contribution in [3.8, 4) is 24.7 Å². The molecule has 0 spiro atoms. The van der Waals surface area contributed by atoms with Crippen molar-refractivity contribution in [3.05, 3.63) is 47.5 Å². The maximum absolute atomic E-state index is 5.55. The highest BCUT2D eigenvalue weighted by atomic mass is 15.0. The Labute approximate surface area is 125 Å². The number of hydrogen-bond donors (Lipinski definition) is 0. The van der Waals surface area contributed by atoms with Crippen molar-refractivity contribution in [3.63, 3.8) is 0 Å². The standard InChI is InChI=1S/C20H17N/c1-4-7-12-21-19-13-15(5-2)8-10-17(19)18-11-9-16(6-3)14-20(18)21/h2-3,8-11,13-14H,4,7,12H2,1H3. The van der Waals surface area contributed by atoms with Crippen LogP contribution in [0.3, 0.4) is 0 Å². The van der Waals surface area contributed by atoms with Crippen molar-refractivity contribution in [2.45, 2.75) is 26.3 Å². The van der Waals surface area contributed by atoms with Gasteiger partial charge in [-0.1, -0.05) is 37.3 Å². The van der Waals surface area contributed by atoms with E-state index in [0.29, 0.717) is 0 Å². The van der Waals surface area contributed by atoms with Crippen LogP contribution < -0.4 is 0 Å². The highest BCUT2D eigenvalue weighted by Gasteiger charge is 2.11. The minimum Gasteiger partial charge on any atom is -0.340 e. The van der Waals surface area contributed by atoms with Crippen molar-refractivity contribution >= 4 is 21.8 Å². The van der Waals surface area contributed by atoms with Gasteiger partial charge in [0.05, 0.1) is 11.0 Å². The molecule has 3 aromatic rings.